The highest BCUT2D eigenvalue weighted by atomic mass is 35.5. The molecule has 2 aromatic rings. The van der Waals surface area contributed by atoms with Crippen molar-refractivity contribution in [3.63, 3.8) is 0 Å². The zero-order valence-corrected chi connectivity index (χ0v) is 8.64. The minimum absolute atomic E-state index is 0.656. The lowest BCUT2D eigenvalue weighted by Gasteiger charge is -1.93. The molecule has 0 amide bonds. The Hall–Kier alpha value is -1.06. The van der Waals surface area contributed by atoms with Crippen LogP contribution in [0.1, 0.15) is 12.8 Å². The van der Waals surface area contributed by atoms with Crippen molar-refractivity contribution in [2.45, 2.75) is 13.5 Å². The van der Waals surface area contributed by atoms with Crippen LogP contribution in [0.3, 0.4) is 0 Å². The van der Waals surface area contributed by atoms with Crippen molar-refractivity contribution in [1.82, 2.24) is 10.3 Å². The van der Waals surface area contributed by atoms with E-state index in [0.717, 1.165) is 17.6 Å². The fourth-order valence-corrected chi connectivity index (χ4v) is 1.42. The molecular weight excluding hydrogens is 200 g/mol. The van der Waals surface area contributed by atoms with Crippen molar-refractivity contribution in [2.75, 3.05) is 6.54 Å². The highest BCUT2D eigenvalue weighted by molar-refractivity contribution is 6.31. The minimum atomic E-state index is 0.656. The van der Waals surface area contributed by atoms with E-state index in [1.165, 1.54) is 0 Å². The summed E-state index contributed by atoms with van der Waals surface area (Å²) in [5.74, 6) is 0.698. The van der Waals surface area contributed by atoms with Gasteiger partial charge in [0.1, 0.15) is 5.52 Å². The van der Waals surface area contributed by atoms with Crippen molar-refractivity contribution in [1.29, 1.82) is 0 Å². The van der Waals surface area contributed by atoms with Crippen molar-refractivity contribution in [2.24, 2.45) is 0 Å². The molecule has 0 radical (unpaired) electrons. The standard InChI is InChI=1S/C10H11ClN2O/c1-2-12-6-10-13-8-4-3-7(11)5-9(8)14-10/h3-5,12H,2,6H2,1H3. The molecule has 14 heavy (non-hydrogen) atoms. The van der Waals surface area contributed by atoms with E-state index in [1.807, 2.05) is 19.1 Å². The molecule has 0 unspecified atom stereocenters. The average molecular weight is 211 g/mol. The second-order valence-electron chi connectivity index (χ2n) is 3.00. The molecule has 0 bridgehead atoms. The van der Waals surface area contributed by atoms with Gasteiger partial charge in [-0.05, 0) is 18.7 Å². The zero-order valence-electron chi connectivity index (χ0n) is 7.88. The maximum Gasteiger partial charge on any atom is 0.209 e. The highest BCUT2D eigenvalue weighted by Crippen LogP contribution is 2.19. The molecule has 2 rings (SSSR count). The Morgan fingerprint density at radius 1 is 1.50 bits per heavy atom. The number of nitrogens with one attached hydrogen (secondary N) is 1. The van der Waals surface area contributed by atoms with E-state index in [-0.39, 0.29) is 0 Å². The molecule has 0 fully saturated rings. The summed E-state index contributed by atoms with van der Waals surface area (Å²) in [7, 11) is 0. The molecule has 3 nitrogen and oxygen atoms in total. The summed E-state index contributed by atoms with van der Waals surface area (Å²) in [4.78, 5) is 4.30. The quantitative estimate of drug-likeness (QED) is 0.846. The molecule has 74 valence electrons. The summed E-state index contributed by atoms with van der Waals surface area (Å²) in [6.45, 7) is 3.60. The summed E-state index contributed by atoms with van der Waals surface area (Å²) in [5, 5.41) is 3.82. The number of halogens is 1. The smallest absolute Gasteiger partial charge is 0.209 e. The number of benzene rings is 1. The molecule has 0 aliphatic rings. The number of rotatable bonds is 3. The Labute approximate surface area is 87.1 Å². The third kappa shape index (κ3) is 1.89. The van der Waals surface area contributed by atoms with Crippen molar-refractivity contribution in [3.05, 3.63) is 29.1 Å². The lowest BCUT2D eigenvalue weighted by atomic mass is 10.3. The highest BCUT2D eigenvalue weighted by Gasteiger charge is 2.04. The molecule has 0 aliphatic carbocycles. The molecule has 1 N–H and O–H groups in total. The Bertz CT molecular complexity index is 439. The maximum absolute atomic E-state index is 5.83. The maximum atomic E-state index is 5.83. The fourth-order valence-electron chi connectivity index (χ4n) is 1.25. The first-order chi connectivity index (χ1) is 6.79. The second-order valence-corrected chi connectivity index (χ2v) is 3.44. The molecule has 1 aromatic heterocycles. The van der Waals surface area contributed by atoms with Crippen LogP contribution < -0.4 is 5.32 Å². The predicted molar refractivity (Wildman–Crippen MR) is 56.4 cm³/mol. The topological polar surface area (TPSA) is 38.1 Å². The van der Waals surface area contributed by atoms with Crippen LogP contribution in [0.5, 0.6) is 0 Å². The van der Waals surface area contributed by atoms with Gasteiger partial charge in [-0.15, -0.1) is 0 Å². The number of hydrogen-bond acceptors (Lipinski definition) is 3. The fraction of sp³-hybridized carbons (Fsp3) is 0.300. The van der Waals surface area contributed by atoms with Gasteiger partial charge in [0.05, 0.1) is 6.54 Å². The summed E-state index contributed by atoms with van der Waals surface area (Å²) >= 11 is 5.83. The number of hydrogen-bond donors (Lipinski definition) is 1. The van der Waals surface area contributed by atoms with Gasteiger partial charge in [-0.3, -0.25) is 0 Å². The van der Waals surface area contributed by atoms with Gasteiger partial charge in [-0.1, -0.05) is 18.5 Å². The number of fused-ring (bicyclic) bond motifs is 1. The molecule has 0 aliphatic heterocycles. The van der Waals surface area contributed by atoms with Crippen LogP contribution in [0, 0.1) is 0 Å². The van der Waals surface area contributed by atoms with E-state index in [1.54, 1.807) is 6.07 Å². The Balaban J connectivity index is 2.32. The first-order valence-corrected chi connectivity index (χ1v) is 4.93. The SMILES string of the molecule is CCNCc1nc2ccc(Cl)cc2o1. The van der Waals surface area contributed by atoms with Gasteiger partial charge in [0.15, 0.2) is 5.58 Å². The molecule has 1 heterocycles. The first kappa shape index (κ1) is 9.49. The van der Waals surface area contributed by atoms with E-state index in [9.17, 15) is 0 Å². The number of oxazole rings is 1. The Morgan fingerprint density at radius 2 is 2.36 bits per heavy atom. The van der Waals surface area contributed by atoms with E-state index in [0.29, 0.717) is 17.5 Å². The second kappa shape index (κ2) is 3.98. The molecule has 4 heteroatoms. The van der Waals surface area contributed by atoms with Crippen LogP contribution in [-0.2, 0) is 6.54 Å². The summed E-state index contributed by atoms with van der Waals surface area (Å²) in [5.41, 5.74) is 1.59. The van der Waals surface area contributed by atoms with Gasteiger partial charge >= 0.3 is 0 Å². The molecule has 1 aromatic carbocycles. The third-order valence-electron chi connectivity index (χ3n) is 1.92. The first-order valence-electron chi connectivity index (χ1n) is 4.55. The van der Waals surface area contributed by atoms with Crippen LogP contribution in [0.4, 0.5) is 0 Å². The monoisotopic (exact) mass is 210 g/mol. The predicted octanol–water partition coefficient (Wildman–Crippen LogP) is 2.59. The molecular formula is C10H11ClN2O. The van der Waals surface area contributed by atoms with Gasteiger partial charge in [0.2, 0.25) is 5.89 Å². The molecule has 0 atom stereocenters. The van der Waals surface area contributed by atoms with Crippen molar-refractivity contribution >= 4 is 22.7 Å². The Morgan fingerprint density at radius 3 is 3.14 bits per heavy atom. The lowest BCUT2D eigenvalue weighted by molar-refractivity contribution is 0.501. The number of nitrogens with zero attached hydrogens (tertiary/aromatic N) is 1. The van der Waals surface area contributed by atoms with E-state index >= 15 is 0 Å². The van der Waals surface area contributed by atoms with Crippen LogP contribution in [0.25, 0.3) is 11.1 Å². The summed E-state index contributed by atoms with van der Waals surface area (Å²) < 4.78 is 5.49. The van der Waals surface area contributed by atoms with Gasteiger partial charge in [0.25, 0.3) is 0 Å². The summed E-state index contributed by atoms with van der Waals surface area (Å²) in [6, 6.07) is 5.44. The van der Waals surface area contributed by atoms with E-state index in [2.05, 4.69) is 10.3 Å². The van der Waals surface area contributed by atoms with Crippen LogP contribution in [-0.4, -0.2) is 11.5 Å². The van der Waals surface area contributed by atoms with Gasteiger partial charge in [-0.25, -0.2) is 4.98 Å². The van der Waals surface area contributed by atoms with Gasteiger partial charge in [-0.2, -0.15) is 0 Å². The van der Waals surface area contributed by atoms with Crippen LogP contribution >= 0.6 is 11.6 Å². The third-order valence-corrected chi connectivity index (χ3v) is 2.16. The van der Waals surface area contributed by atoms with E-state index < -0.39 is 0 Å². The average Bonchev–Trinajstić information content (AvgIpc) is 2.56. The zero-order chi connectivity index (χ0) is 9.97. The molecule has 0 saturated heterocycles. The largest absolute Gasteiger partial charge is 0.439 e. The van der Waals surface area contributed by atoms with E-state index in [4.69, 9.17) is 16.0 Å². The summed E-state index contributed by atoms with van der Waals surface area (Å²) in [6.07, 6.45) is 0. The Kier molecular flexibility index (Phi) is 2.70. The van der Waals surface area contributed by atoms with Crippen molar-refractivity contribution in [3.8, 4) is 0 Å². The normalized spacial score (nSPS) is 11.0. The van der Waals surface area contributed by atoms with Gasteiger partial charge < -0.3 is 9.73 Å². The molecule has 0 saturated carbocycles. The molecule has 0 spiro atoms. The van der Waals surface area contributed by atoms with Crippen LogP contribution in [0.15, 0.2) is 22.6 Å². The lowest BCUT2D eigenvalue weighted by Crippen LogP contribution is -2.11. The number of aromatic nitrogens is 1. The van der Waals surface area contributed by atoms with Gasteiger partial charge in [0, 0.05) is 11.1 Å². The van der Waals surface area contributed by atoms with Crippen LogP contribution in [0.2, 0.25) is 5.02 Å². The van der Waals surface area contributed by atoms with Crippen molar-refractivity contribution < 1.29 is 4.42 Å². The minimum Gasteiger partial charge on any atom is -0.439 e.